The summed E-state index contributed by atoms with van der Waals surface area (Å²) < 4.78 is 6.61. The topological polar surface area (TPSA) is 38.3 Å². The van der Waals surface area contributed by atoms with E-state index >= 15 is 0 Å². The third-order valence-corrected chi connectivity index (χ3v) is 11.1. The minimum absolute atomic E-state index is 0.121. The smallest absolute Gasteiger partial charge is 0.250 e. The zero-order valence-corrected chi connectivity index (χ0v) is 14.2. The molecule has 1 saturated heterocycles. The van der Waals surface area contributed by atoms with Crippen LogP contribution in [0.5, 0.6) is 0 Å². The summed E-state index contributed by atoms with van der Waals surface area (Å²) in [7, 11) is -1.92. The van der Waals surface area contributed by atoms with E-state index in [9.17, 15) is 4.79 Å². The molecule has 1 aliphatic carbocycles. The Morgan fingerprint density at radius 3 is 1.84 bits per heavy atom. The molecular weight excluding hydrogens is 254 g/mol. The molecule has 0 aromatic carbocycles. The van der Waals surface area contributed by atoms with Gasteiger partial charge in [0.1, 0.15) is 6.10 Å². The lowest BCUT2D eigenvalue weighted by molar-refractivity contribution is -0.142. The first-order valence-corrected chi connectivity index (χ1v) is 9.92. The predicted octanol–water partition coefficient (Wildman–Crippen LogP) is 3.46. The maximum Gasteiger partial charge on any atom is 0.250 e. The van der Waals surface area contributed by atoms with Crippen LogP contribution in [0.25, 0.3) is 0 Å². The van der Waals surface area contributed by atoms with E-state index in [0.717, 1.165) is 0 Å². The Hall–Kier alpha value is -0.353. The molecule has 1 heterocycles. The van der Waals surface area contributed by atoms with E-state index in [0.29, 0.717) is 28.6 Å². The molecule has 0 spiro atoms. The van der Waals surface area contributed by atoms with Crippen molar-refractivity contribution in [2.75, 3.05) is 0 Å². The molecule has 2 atom stereocenters. The molecule has 1 N–H and O–H groups in total. The molecule has 4 heteroatoms. The van der Waals surface area contributed by atoms with Gasteiger partial charge in [0.05, 0.1) is 6.04 Å². The fourth-order valence-corrected chi connectivity index (χ4v) is 9.47. The average Bonchev–Trinajstić information content (AvgIpc) is 3.08. The molecule has 19 heavy (non-hydrogen) atoms. The molecule has 0 aromatic heterocycles. The normalized spacial score (nSPS) is 27.9. The minimum Gasteiger partial charge on any atom is -0.402 e. The summed E-state index contributed by atoms with van der Waals surface area (Å²) in [5.41, 5.74) is 1.63. The van der Waals surface area contributed by atoms with Crippen LogP contribution in [0, 0.1) is 5.92 Å². The number of rotatable bonds is 6. The van der Waals surface area contributed by atoms with Crippen molar-refractivity contribution in [1.82, 2.24) is 5.32 Å². The molecule has 2 aliphatic rings. The molecule has 1 amide bonds. The average molecular weight is 283 g/mol. The first kappa shape index (κ1) is 15.0. The molecule has 2 rings (SSSR count). The van der Waals surface area contributed by atoms with Gasteiger partial charge in [-0.05, 0) is 35.4 Å². The van der Waals surface area contributed by atoms with Crippen LogP contribution >= 0.6 is 0 Å². The number of amides is 1. The van der Waals surface area contributed by atoms with Crippen molar-refractivity contribution in [3.8, 4) is 0 Å². The first-order valence-electron chi connectivity index (χ1n) is 7.78. The Labute approximate surface area is 118 Å². The summed E-state index contributed by atoms with van der Waals surface area (Å²) in [5, 5.41) is 3.05. The van der Waals surface area contributed by atoms with Crippen LogP contribution in [-0.2, 0) is 9.22 Å². The van der Waals surface area contributed by atoms with Gasteiger partial charge in [0.25, 0.3) is 0 Å². The largest absolute Gasteiger partial charge is 0.402 e. The van der Waals surface area contributed by atoms with Crippen LogP contribution < -0.4 is 5.32 Å². The van der Waals surface area contributed by atoms with Crippen LogP contribution in [0.4, 0.5) is 0 Å². The van der Waals surface area contributed by atoms with Gasteiger partial charge >= 0.3 is 0 Å². The highest BCUT2D eigenvalue weighted by molar-refractivity contribution is 6.77. The summed E-state index contributed by atoms with van der Waals surface area (Å²) in [5.74, 6) is 0.802. The molecule has 0 aromatic rings. The molecule has 1 aliphatic heterocycles. The van der Waals surface area contributed by atoms with Crippen molar-refractivity contribution in [1.29, 1.82) is 0 Å². The van der Waals surface area contributed by atoms with Gasteiger partial charge in [-0.2, -0.15) is 0 Å². The Bertz CT molecular complexity index is 328. The Balaban J connectivity index is 2.17. The summed E-state index contributed by atoms with van der Waals surface area (Å²) >= 11 is 0. The predicted molar refractivity (Wildman–Crippen MR) is 80.6 cm³/mol. The highest BCUT2D eigenvalue weighted by atomic mass is 28.4. The van der Waals surface area contributed by atoms with Gasteiger partial charge in [0, 0.05) is 0 Å². The van der Waals surface area contributed by atoms with Gasteiger partial charge in [-0.3, -0.25) is 4.79 Å². The molecule has 2 fully saturated rings. The molecule has 3 nitrogen and oxygen atoms in total. The van der Waals surface area contributed by atoms with Crippen molar-refractivity contribution in [3.05, 3.63) is 0 Å². The first-order chi connectivity index (χ1) is 8.80. The summed E-state index contributed by atoms with van der Waals surface area (Å²) in [4.78, 5) is 11.9. The lowest BCUT2D eigenvalue weighted by atomic mass is 9.98. The van der Waals surface area contributed by atoms with Crippen molar-refractivity contribution >= 4 is 14.2 Å². The second-order valence-corrected chi connectivity index (χ2v) is 12.6. The number of β-lactam (4-membered cyclic amide) rings is 1. The van der Waals surface area contributed by atoms with Crippen molar-refractivity contribution in [2.24, 2.45) is 5.92 Å². The molecule has 0 bridgehead atoms. The van der Waals surface area contributed by atoms with Gasteiger partial charge < -0.3 is 9.74 Å². The number of carbonyl (C=O) groups excluding carboxylic acids is 1. The molecule has 110 valence electrons. The van der Waals surface area contributed by atoms with E-state index < -0.39 is 8.32 Å². The third kappa shape index (κ3) is 2.49. The minimum atomic E-state index is -1.92. The molecule has 0 unspecified atom stereocenters. The second kappa shape index (κ2) is 5.21. The number of carbonyl (C=O) groups is 1. The zero-order chi connectivity index (χ0) is 14.4. The SMILES string of the molecule is CC(C)[Si](O[C@H]1C(=O)N[C@H]1C1CC1)(C(C)C)C(C)C. The van der Waals surface area contributed by atoms with Crippen LogP contribution in [0.2, 0.25) is 16.6 Å². The van der Waals surface area contributed by atoms with E-state index in [1.807, 2.05) is 0 Å². The van der Waals surface area contributed by atoms with Crippen molar-refractivity contribution in [3.63, 3.8) is 0 Å². The van der Waals surface area contributed by atoms with Gasteiger partial charge in [0.2, 0.25) is 14.2 Å². The van der Waals surface area contributed by atoms with Crippen LogP contribution in [0.1, 0.15) is 54.4 Å². The molecule has 1 saturated carbocycles. The standard InChI is InChI=1S/C15H29NO2Si/c1-9(2)19(10(3)4,11(5)6)18-14-13(12-7-8-12)16-15(14)17/h9-14H,7-8H2,1-6H3,(H,16,17)/t13-,14+/m0/s1. The third-order valence-electron chi connectivity index (χ3n) is 5.06. The Morgan fingerprint density at radius 1 is 1.05 bits per heavy atom. The van der Waals surface area contributed by atoms with Gasteiger partial charge in [-0.25, -0.2) is 0 Å². The van der Waals surface area contributed by atoms with E-state index in [1.165, 1.54) is 12.8 Å². The van der Waals surface area contributed by atoms with Crippen molar-refractivity contribution < 1.29 is 9.22 Å². The van der Waals surface area contributed by atoms with Crippen LogP contribution in [-0.4, -0.2) is 26.4 Å². The van der Waals surface area contributed by atoms with Gasteiger partial charge in [0.15, 0.2) is 0 Å². The van der Waals surface area contributed by atoms with Gasteiger partial charge in [-0.1, -0.05) is 41.5 Å². The quantitative estimate of drug-likeness (QED) is 0.599. The number of hydrogen-bond acceptors (Lipinski definition) is 2. The highest BCUT2D eigenvalue weighted by Gasteiger charge is 2.55. The molecule has 0 radical (unpaired) electrons. The summed E-state index contributed by atoms with van der Waals surface area (Å²) in [6.07, 6.45) is 2.35. The fourth-order valence-electron chi connectivity index (χ4n) is 3.96. The number of hydrogen-bond donors (Lipinski definition) is 1. The number of nitrogens with one attached hydrogen (secondary N) is 1. The fraction of sp³-hybridized carbons (Fsp3) is 0.933. The van der Waals surface area contributed by atoms with Crippen LogP contribution in [0.3, 0.4) is 0 Å². The van der Waals surface area contributed by atoms with E-state index in [1.54, 1.807) is 0 Å². The van der Waals surface area contributed by atoms with E-state index in [-0.39, 0.29) is 12.0 Å². The van der Waals surface area contributed by atoms with Gasteiger partial charge in [-0.15, -0.1) is 0 Å². The van der Waals surface area contributed by atoms with Crippen LogP contribution in [0.15, 0.2) is 0 Å². The Morgan fingerprint density at radius 2 is 1.53 bits per heavy atom. The van der Waals surface area contributed by atoms with E-state index in [4.69, 9.17) is 4.43 Å². The zero-order valence-electron chi connectivity index (χ0n) is 13.2. The summed E-state index contributed by atoms with van der Waals surface area (Å²) in [6, 6.07) is 0.302. The second-order valence-electron chi connectivity index (χ2n) is 7.23. The maximum absolute atomic E-state index is 11.9. The lowest BCUT2D eigenvalue weighted by Gasteiger charge is -2.49. The lowest BCUT2D eigenvalue weighted by Crippen LogP contribution is -2.68. The summed E-state index contributed by atoms with van der Waals surface area (Å²) in [6.45, 7) is 13.6. The maximum atomic E-state index is 11.9. The van der Waals surface area contributed by atoms with E-state index in [2.05, 4.69) is 46.9 Å². The monoisotopic (exact) mass is 283 g/mol. The Kier molecular flexibility index (Phi) is 4.12. The highest BCUT2D eigenvalue weighted by Crippen LogP contribution is 2.46. The molecular formula is C15H29NO2Si. The van der Waals surface area contributed by atoms with Crippen molar-refractivity contribution in [2.45, 2.75) is 83.2 Å².